The zero-order chi connectivity index (χ0) is 19.3. The van der Waals surface area contributed by atoms with Gasteiger partial charge in [0.15, 0.2) is 0 Å². The van der Waals surface area contributed by atoms with Gasteiger partial charge in [0.2, 0.25) is 0 Å². The summed E-state index contributed by atoms with van der Waals surface area (Å²) < 4.78 is 16.8. The van der Waals surface area contributed by atoms with Crippen LogP contribution in [0.3, 0.4) is 0 Å². The third-order valence-corrected chi connectivity index (χ3v) is 5.04. The van der Waals surface area contributed by atoms with E-state index in [1.165, 1.54) is 64.2 Å². The van der Waals surface area contributed by atoms with E-state index in [-0.39, 0.29) is 6.61 Å². The molecular formula is C22H46O4. The van der Waals surface area contributed by atoms with E-state index in [2.05, 4.69) is 20.8 Å². The molecule has 0 aliphatic rings. The van der Waals surface area contributed by atoms with Crippen molar-refractivity contribution < 1.29 is 19.3 Å². The molecule has 0 bridgehead atoms. The van der Waals surface area contributed by atoms with E-state index in [0.717, 1.165) is 6.42 Å². The van der Waals surface area contributed by atoms with Gasteiger partial charge in [-0.1, -0.05) is 85.0 Å². The maximum atomic E-state index is 8.62. The van der Waals surface area contributed by atoms with Crippen LogP contribution in [0, 0.1) is 5.92 Å². The Balaban J connectivity index is 3.61. The van der Waals surface area contributed by atoms with Crippen LogP contribution in [0.1, 0.15) is 91.4 Å². The lowest BCUT2D eigenvalue weighted by Crippen LogP contribution is -2.24. The summed E-state index contributed by atoms with van der Waals surface area (Å²) in [4.78, 5) is 0. The predicted octanol–water partition coefficient (Wildman–Crippen LogP) is 5.36. The molecule has 0 rings (SSSR count). The molecule has 0 aromatic carbocycles. The zero-order valence-electron chi connectivity index (χ0n) is 17.8. The van der Waals surface area contributed by atoms with Crippen LogP contribution >= 0.6 is 0 Å². The number of unbranched alkanes of at least 4 members (excludes halogenated alkanes) is 8. The molecule has 0 aliphatic carbocycles. The number of aliphatic hydroxyl groups excluding tert-OH is 1. The lowest BCUT2D eigenvalue weighted by Gasteiger charge is -2.23. The summed E-state index contributed by atoms with van der Waals surface area (Å²) in [5, 5.41) is 8.62. The van der Waals surface area contributed by atoms with E-state index in [1.54, 1.807) is 0 Å². The third kappa shape index (κ3) is 17.3. The number of hydrogen-bond acceptors (Lipinski definition) is 4. The van der Waals surface area contributed by atoms with E-state index >= 15 is 0 Å². The Labute approximate surface area is 163 Å². The van der Waals surface area contributed by atoms with Crippen LogP contribution in [-0.2, 0) is 14.2 Å². The minimum atomic E-state index is 0.0680. The Morgan fingerprint density at radius 3 is 1.81 bits per heavy atom. The molecule has 0 amide bonds. The quantitative estimate of drug-likeness (QED) is 0.275. The van der Waals surface area contributed by atoms with Crippen molar-refractivity contribution in [1.82, 2.24) is 0 Å². The zero-order valence-corrected chi connectivity index (χ0v) is 17.8. The van der Waals surface area contributed by atoms with Crippen LogP contribution in [-0.4, -0.2) is 50.9 Å². The molecule has 26 heavy (non-hydrogen) atoms. The minimum absolute atomic E-state index is 0.0680. The topological polar surface area (TPSA) is 47.9 Å². The standard InChI is InChI=1S/C22H46O4/c1-4-6-7-8-9-10-11-12-13-14-22(21(3)5-2)26-20-19-25-18-17-24-16-15-23/h21-23H,4-20H2,1-3H3. The maximum Gasteiger partial charge on any atom is 0.0704 e. The van der Waals surface area contributed by atoms with Crippen LogP contribution in [0.2, 0.25) is 0 Å². The maximum absolute atomic E-state index is 8.62. The Morgan fingerprint density at radius 1 is 0.692 bits per heavy atom. The van der Waals surface area contributed by atoms with Gasteiger partial charge in [-0.15, -0.1) is 0 Å². The Hall–Kier alpha value is -0.160. The smallest absolute Gasteiger partial charge is 0.0704 e. The van der Waals surface area contributed by atoms with Gasteiger partial charge in [0.05, 0.1) is 45.7 Å². The molecule has 0 heterocycles. The fraction of sp³-hybridized carbons (Fsp3) is 1.00. The fourth-order valence-corrected chi connectivity index (χ4v) is 3.10. The van der Waals surface area contributed by atoms with Gasteiger partial charge >= 0.3 is 0 Å². The van der Waals surface area contributed by atoms with Crippen LogP contribution in [0.15, 0.2) is 0 Å². The highest BCUT2D eigenvalue weighted by molar-refractivity contribution is 4.66. The molecule has 2 unspecified atom stereocenters. The van der Waals surface area contributed by atoms with E-state index in [4.69, 9.17) is 19.3 Å². The van der Waals surface area contributed by atoms with E-state index in [9.17, 15) is 0 Å². The minimum Gasteiger partial charge on any atom is -0.394 e. The van der Waals surface area contributed by atoms with E-state index in [1.807, 2.05) is 0 Å². The molecule has 158 valence electrons. The highest BCUT2D eigenvalue weighted by Gasteiger charge is 2.15. The fourth-order valence-electron chi connectivity index (χ4n) is 3.10. The molecule has 4 heteroatoms. The van der Waals surface area contributed by atoms with Crippen molar-refractivity contribution in [3.63, 3.8) is 0 Å². The summed E-state index contributed by atoms with van der Waals surface area (Å²) in [7, 11) is 0. The summed E-state index contributed by atoms with van der Waals surface area (Å²) in [6.07, 6.45) is 15.0. The first-order valence-corrected chi connectivity index (χ1v) is 11.1. The van der Waals surface area contributed by atoms with Crippen molar-refractivity contribution in [2.75, 3.05) is 39.6 Å². The van der Waals surface area contributed by atoms with Crippen LogP contribution in [0.25, 0.3) is 0 Å². The van der Waals surface area contributed by atoms with Gasteiger partial charge in [-0.05, 0) is 12.3 Å². The average molecular weight is 375 g/mol. The molecule has 0 saturated carbocycles. The van der Waals surface area contributed by atoms with Gasteiger partial charge in [0.1, 0.15) is 0 Å². The molecule has 0 spiro atoms. The first-order chi connectivity index (χ1) is 12.8. The van der Waals surface area contributed by atoms with Crippen molar-refractivity contribution in [2.24, 2.45) is 5.92 Å². The van der Waals surface area contributed by atoms with E-state index in [0.29, 0.717) is 45.1 Å². The Morgan fingerprint density at radius 2 is 1.23 bits per heavy atom. The van der Waals surface area contributed by atoms with Gasteiger partial charge in [-0.3, -0.25) is 0 Å². The molecule has 1 N–H and O–H groups in total. The van der Waals surface area contributed by atoms with Gasteiger partial charge in [-0.2, -0.15) is 0 Å². The van der Waals surface area contributed by atoms with Gasteiger partial charge in [-0.25, -0.2) is 0 Å². The first kappa shape index (κ1) is 25.8. The van der Waals surface area contributed by atoms with Crippen LogP contribution in [0.4, 0.5) is 0 Å². The van der Waals surface area contributed by atoms with Crippen molar-refractivity contribution >= 4 is 0 Å². The summed E-state index contributed by atoms with van der Waals surface area (Å²) in [5.41, 5.74) is 0. The van der Waals surface area contributed by atoms with Crippen molar-refractivity contribution in [3.8, 4) is 0 Å². The van der Waals surface area contributed by atoms with Crippen molar-refractivity contribution in [1.29, 1.82) is 0 Å². The van der Waals surface area contributed by atoms with Gasteiger partial charge < -0.3 is 19.3 Å². The van der Waals surface area contributed by atoms with E-state index < -0.39 is 0 Å². The molecule has 0 radical (unpaired) electrons. The Bertz CT molecular complexity index is 261. The number of ether oxygens (including phenoxy) is 3. The number of rotatable bonds is 21. The average Bonchev–Trinajstić information content (AvgIpc) is 2.66. The van der Waals surface area contributed by atoms with Crippen LogP contribution in [0.5, 0.6) is 0 Å². The number of aliphatic hydroxyl groups is 1. The summed E-state index contributed by atoms with van der Waals surface area (Å²) in [6.45, 7) is 9.64. The molecule has 0 aliphatic heterocycles. The molecule has 0 fully saturated rings. The second kappa shape index (κ2) is 21.1. The monoisotopic (exact) mass is 374 g/mol. The predicted molar refractivity (Wildman–Crippen MR) is 110 cm³/mol. The molecule has 2 atom stereocenters. The molecule has 0 aromatic rings. The van der Waals surface area contributed by atoms with Gasteiger partial charge in [0, 0.05) is 0 Å². The number of hydrogen-bond donors (Lipinski definition) is 1. The summed E-state index contributed by atoms with van der Waals surface area (Å²) >= 11 is 0. The first-order valence-electron chi connectivity index (χ1n) is 11.1. The SMILES string of the molecule is CCCCCCCCCCCC(OCCOCCOCCO)C(C)CC. The third-order valence-electron chi connectivity index (χ3n) is 5.04. The largest absolute Gasteiger partial charge is 0.394 e. The lowest BCUT2D eigenvalue weighted by atomic mass is 9.96. The normalized spacial score (nSPS) is 13.8. The summed E-state index contributed by atoms with van der Waals surface area (Å²) in [6, 6.07) is 0. The second-order valence-electron chi connectivity index (χ2n) is 7.36. The van der Waals surface area contributed by atoms with Crippen LogP contribution < -0.4 is 0 Å². The summed E-state index contributed by atoms with van der Waals surface area (Å²) in [5.74, 6) is 0.608. The second-order valence-corrected chi connectivity index (χ2v) is 7.36. The van der Waals surface area contributed by atoms with Crippen molar-refractivity contribution in [2.45, 2.75) is 97.5 Å². The molecule has 4 nitrogen and oxygen atoms in total. The highest BCUT2D eigenvalue weighted by Crippen LogP contribution is 2.19. The van der Waals surface area contributed by atoms with Gasteiger partial charge in [0.25, 0.3) is 0 Å². The Kier molecular flexibility index (Phi) is 21.0. The molecule has 0 saturated heterocycles. The van der Waals surface area contributed by atoms with Crippen molar-refractivity contribution in [3.05, 3.63) is 0 Å². The molecule has 0 aromatic heterocycles. The highest BCUT2D eigenvalue weighted by atomic mass is 16.5. The lowest BCUT2D eigenvalue weighted by molar-refractivity contribution is -0.0341. The molecular weight excluding hydrogens is 328 g/mol.